The fraction of sp³-hybridized carbons (Fsp3) is 0.364. The van der Waals surface area contributed by atoms with Gasteiger partial charge in [-0.1, -0.05) is 24.6 Å². The normalized spacial score (nSPS) is 12.2. The van der Waals surface area contributed by atoms with Gasteiger partial charge in [-0.15, -0.1) is 11.6 Å². The van der Waals surface area contributed by atoms with E-state index in [2.05, 4.69) is 5.32 Å². The minimum absolute atomic E-state index is 0.0357. The molecule has 0 spiro atoms. The molecule has 1 atom stereocenters. The second-order valence-electron chi connectivity index (χ2n) is 3.33. The van der Waals surface area contributed by atoms with Gasteiger partial charge in [-0.05, 0) is 24.1 Å². The van der Waals surface area contributed by atoms with E-state index in [0.717, 1.165) is 6.42 Å². The van der Waals surface area contributed by atoms with Crippen molar-refractivity contribution >= 4 is 29.1 Å². The standard InChI is InChI=1S/C11H12Cl2FNO/c1-2-5-15-11(16)10(13)7-3-4-9(14)8(12)6-7/h3-4,6,10H,2,5H2,1H3,(H,15,16). The Morgan fingerprint density at radius 1 is 1.56 bits per heavy atom. The number of nitrogens with one attached hydrogen (secondary N) is 1. The van der Waals surface area contributed by atoms with Gasteiger partial charge in [0.2, 0.25) is 5.91 Å². The molecule has 0 fully saturated rings. The van der Waals surface area contributed by atoms with E-state index in [9.17, 15) is 9.18 Å². The average molecular weight is 264 g/mol. The fourth-order valence-corrected chi connectivity index (χ4v) is 1.56. The number of amides is 1. The molecular formula is C11H12Cl2FNO. The van der Waals surface area contributed by atoms with Crippen molar-refractivity contribution in [3.63, 3.8) is 0 Å². The van der Waals surface area contributed by atoms with Crippen molar-refractivity contribution in [3.05, 3.63) is 34.6 Å². The molecule has 1 aromatic rings. The van der Waals surface area contributed by atoms with E-state index >= 15 is 0 Å². The Balaban J connectivity index is 2.75. The molecule has 0 aromatic heterocycles. The van der Waals surface area contributed by atoms with Crippen LogP contribution in [0.25, 0.3) is 0 Å². The van der Waals surface area contributed by atoms with Gasteiger partial charge in [-0.25, -0.2) is 4.39 Å². The maximum Gasteiger partial charge on any atom is 0.242 e. The molecule has 0 heterocycles. The van der Waals surface area contributed by atoms with E-state index in [1.54, 1.807) is 0 Å². The van der Waals surface area contributed by atoms with Crippen LogP contribution in [0.3, 0.4) is 0 Å². The maximum absolute atomic E-state index is 12.9. The quantitative estimate of drug-likeness (QED) is 0.831. The van der Waals surface area contributed by atoms with Gasteiger partial charge in [-0.2, -0.15) is 0 Å². The molecule has 1 rings (SSSR count). The third kappa shape index (κ3) is 3.35. The highest BCUT2D eigenvalue weighted by Crippen LogP contribution is 2.25. The minimum Gasteiger partial charge on any atom is -0.355 e. The maximum atomic E-state index is 12.9. The lowest BCUT2D eigenvalue weighted by Gasteiger charge is -2.10. The van der Waals surface area contributed by atoms with Crippen molar-refractivity contribution in [2.45, 2.75) is 18.7 Å². The van der Waals surface area contributed by atoms with Crippen molar-refractivity contribution in [2.24, 2.45) is 0 Å². The predicted molar refractivity (Wildman–Crippen MR) is 63.3 cm³/mol. The first-order valence-corrected chi connectivity index (χ1v) is 5.74. The van der Waals surface area contributed by atoms with Gasteiger partial charge in [0.1, 0.15) is 11.2 Å². The molecule has 1 amide bonds. The van der Waals surface area contributed by atoms with Crippen LogP contribution in [-0.4, -0.2) is 12.5 Å². The van der Waals surface area contributed by atoms with Crippen LogP contribution in [0.15, 0.2) is 18.2 Å². The van der Waals surface area contributed by atoms with E-state index < -0.39 is 11.2 Å². The van der Waals surface area contributed by atoms with E-state index in [4.69, 9.17) is 23.2 Å². The van der Waals surface area contributed by atoms with Crippen LogP contribution >= 0.6 is 23.2 Å². The number of alkyl halides is 1. The number of halogens is 3. The van der Waals surface area contributed by atoms with E-state index in [1.165, 1.54) is 18.2 Å². The van der Waals surface area contributed by atoms with Gasteiger partial charge in [-0.3, -0.25) is 4.79 Å². The zero-order chi connectivity index (χ0) is 12.1. The van der Waals surface area contributed by atoms with Gasteiger partial charge in [0.05, 0.1) is 5.02 Å². The Hall–Kier alpha value is -0.800. The lowest BCUT2D eigenvalue weighted by molar-refractivity contribution is -0.120. The summed E-state index contributed by atoms with van der Waals surface area (Å²) in [6, 6.07) is 4.00. The largest absolute Gasteiger partial charge is 0.355 e. The van der Waals surface area contributed by atoms with Crippen molar-refractivity contribution in [1.29, 1.82) is 0 Å². The molecule has 1 aromatic carbocycles. The van der Waals surface area contributed by atoms with Crippen LogP contribution in [0.2, 0.25) is 5.02 Å². The van der Waals surface area contributed by atoms with E-state index in [1.807, 2.05) is 6.92 Å². The first-order valence-electron chi connectivity index (χ1n) is 4.93. The molecular weight excluding hydrogens is 252 g/mol. The smallest absolute Gasteiger partial charge is 0.242 e. The first-order chi connectivity index (χ1) is 7.56. The highest BCUT2D eigenvalue weighted by molar-refractivity contribution is 6.32. The summed E-state index contributed by atoms with van der Waals surface area (Å²) in [5, 5.41) is 1.78. The molecule has 0 aliphatic heterocycles. The highest BCUT2D eigenvalue weighted by atomic mass is 35.5. The van der Waals surface area contributed by atoms with Gasteiger partial charge in [0, 0.05) is 6.54 Å². The number of carbonyl (C=O) groups excluding carboxylic acids is 1. The molecule has 16 heavy (non-hydrogen) atoms. The van der Waals surface area contributed by atoms with Crippen LogP contribution in [0, 0.1) is 5.82 Å². The number of carbonyl (C=O) groups is 1. The van der Waals surface area contributed by atoms with Crippen molar-refractivity contribution in [2.75, 3.05) is 6.54 Å². The van der Waals surface area contributed by atoms with Crippen LogP contribution in [0.1, 0.15) is 24.3 Å². The topological polar surface area (TPSA) is 29.1 Å². The molecule has 0 aliphatic carbocycles. The Morgan fingerprint density at radius 2 is 2.25 bits per heavy atom. The van der Waals surface area contributed by atoms with E-state index in [0.29, 0.717) is 12.1 Å². The SMILES string of the molecule is CCCNC(=O)C(Cl)c1ccc(F)c(Cl)c1. The van der Waals surface area contributed by atoms with E-state index in [-0.39, 0.29) is 10.9 Å². The number of benzene rings is 1. The Bertz CT molecular complexity index is 384. The third-order valence-corrected chi connectivity index (χ3v) is 2.76. The second kappa shape index (κ2) is 6.06. The molecule has 5 heteroatoms. The van der Waals surface area contributed by atoms with Crippen LogP contribution in [0.5, 0.6) is 0 Å². The first kappa shape index (κ1) is 13.3. The molecule has 1 unspecified atom stereocenters. The van der Waals surface area contributed by atoms with Crippen molar-refractivity contribution in [1.82, 2.24) is 5.32 Å². The summed E-state index contributed by atoms with van der Waals surface area (Å²) in [5.74, 6) is -0.825. The lowest BCUT2D eigenvalue weighted by atomic mass is 10.1. The Kier molecular flexibility index (Phi) is 5.03. The monoisotopic (exact) mass is 263 g/mol. The number of hydrogen-bond acceptors (Lipinski definition) is 1. The fourth-order valence-electron chi connectivity index (χ4n) is 1.16. The van der Waals surface area contributed by atoms with Crippen molar-refractivity contribution < 1.29 is 9.18 Å². The minimum atomic E-state index is -0.843. The Labute approximate surface area is 104 Å². The molecule has 0 bridgehead atoms. The summed E-state index contributed by atoms with van der Waals surface area (Å²) < 4.78 is 12.9. The Morgan fingerprint density at radius 3 is 2.81 bits per heavy atom. The second-order valence-corrected chi connectivity index (χ2v) is 4.17. The number of hydrogen-bond donors (Lipinski definition) is 1. The zero-order valence-corrected chi connectivity index (χ0v) is 10.3. The third-order valence-electron chi connectivity index (χ3n) is 2.02. The summed E-state index contributed by atoms with van der Waals surface area (Å²) >= 11 is 11.5. The predicted octanol–water partition coefficient (Wildman–Crippen LogP) is 3.29. The summed E-state index contributed by atoms with van der Waals surface area (Å²) in [6.45, 7) is 2.51. The molecule has 0 saturated carbocycles. The van der Waals surface area contributed by atoms with Gasteiger partial charge in [0.25, 0.3) is 0 Å². The van der Waals surface area contributed by atoms with Gasteiger partial charge < -0.3 is 5.32 Å². The van der Waals surface area contributed by atoms with Gasteiger partial charge >= 0.3 is 0 Å². The molecule has 1 N–H and O–H groups in total. The number of rotatable bonds is 4. The molecule has 0 aliphatic rings. The molecule has 0 radical (unpaired) electrons. The summed E-state index contributed by atoms with van der Waals surface area (Å²) in [6.07, 6.45) is 0.833. The van der Waals surface area contributed by atoms with Crippen LogP contribution in [0.4, 0.5) is 4.39 Å². The average Bonchev–Trinajstić information content (AvgIpc) is 2.28. The summed E-state index contributed by atoms with van der Waals surface area (Å²) in [7, 11) is 0. The van der Waals surface area contributed by atoms with Gasteiger partial charge in [0.15, 0.2) is 0 Å². The van der Waals surface area contributed by atoms with Crippen molar-refractivity contribution in [3.8, 4) is 0 Å². The zero-order valence-electron chi connectivity index (χ0n) is 8.77. The molecule has 2 nitrogen and oxygen atoms in total. The highest BCUT2D eigenvalue weighted by Gasteiger charge is 2.17. The van der Waals surface area contributed by atoms with Crippen LogP contribution in [-0.2, 0) is 4.79 Å². The molecule has 88 valence electrons. The summed E-state index contributed by atoms with van der Waals surface area (Å²) in [4.78, 5) is 11.5. The molecule has 0 saturated heterocycles. The summed E-state index contributed by atoms with van der Waals surface area (Å²) in [5.41, 5.74) is 0.488. The van der Waals surface area contributed by atoms with Crippen LogP contribution < -0.4 is 5.32 Å². The lowest BCUT2D eigenvalue weighted by Crippen LogP contribution is -2.27.